The fourth-order valence-electron chi connectivity index (χ4n) is 4.52. The lowest BCUT2D eigenvalue weighted by atomic mass is 9.88. The Labute approximate surface area is 120 Å². The minimum atomic E-state index is 0.315. The monoisotopic (exact) mass is 265 g/mol. The second-order valence-electron chi connectivity index (χ2n) is 8.39. The molecule has 1 N–H and O–H groups in total. The van der Waals surface area contributed by atoms with Gasteiger partial charge in [0.15, 0.2) is 0 Å². The Balaban J connectivity index is 1.91. The van der Waals surface area contributed by atoms with Crippen LogP contribution < -0.4 is 5.32 Å². The van der Waals surface area contributed by atoms with E-state index in [4.69, 9.17) is 0 Å². The third-order valence-corrected chi connectivity index (χ3v) is 6.42. The Morgan fingerprint density at radius 2 is 1.95 bits per heavy atom. The number of fused-ring (bicyclic) bond motifs is 1. The maximum atomic E-state index is 3.99. The fourth-order valence-corrected chi connectivity index (χ4v) is 4.52. The molecule has 0 amide bonds. The number of unbranched alkanes of at least 4 members (excludes halogenated alkanes) is 1. The molecule has 0 saturated heterocycles. The highest BCUT2D eigenvalue weighted by molar-refractivity contribution is 5.08. The molecule has 0 radical (unpaired) electrons. The molecule has 112 valence electrons. The third-order valence-electron chi connectivity index (χ3n) is 6.42. The first-order chi connectivity index (χ1) is 8.80. The largest absolute Gasteiger partial charge is 0.309 e. The normalized spacial score (nSPS) is 42.6. The summed E-state index contributed by atoms with van der Waals surface area (Å²) >= 11 is 0. The molecule has 2 fully saturated rings. The first kappa shape index (κ1) is 15.4. The van der Waals surface area contributed by atoms with Crippen molar-refractivity contribution in [2.24, 2.45) is 23.2 Å². The number of hydrogen-bond donors (Lipinski definition) is 1. The van der Waals surface area contributed by atoms with Crippen molar-refractivity contribution in [3.63, 3.8) is 0 Å². The fraction of sp³-hybridized carbons (Fsp3) is 1.00. The summed E-state index contributed by atoms with van der Waals surface area (Å²) in [6.07, 6.45) is 8.23. The van der Waals surface area contributed by atoms with E-state index >= 15 is 0 Å². The molecule has 0 spiro atoms. The van der Waals surface area contributed by atoms with Crippen LogP contribution in [-0.4, -0.2) is 11.6 Å². The maximum Gasteiger partial charge on any atom is 0.0127 e. The summed E-state index contributed by atoms with van der Waals surface area (Å²) < 4.78 is 0. The molecule has 0 heterocycles. The molecular weight excluding hydrogens is 230 g/mol. The lowest BCUT2D eigenvalue weighted by Crippen LogP contribution is -2.48. The lowest BCUT2D eigenvalue weighted by molar-refractivity contribution is 0.239. The summed E-state index contributed by atoms with van der Waals surface area (Å²) in [5.41, 5.74) is 0.994. The van der Waals surface area contributed by atoms with Gasteiger partial charge in [-0.3, -0.25) is 0 Å². The zero-order chi connectivity index (χ0) is 14.3. The molecule has 0 aromatic heterocycles. The molecule has 0 bridgehead atoms. The van der Waals surface area contributed by atoms with E-state index in [1.165, 1.54) is 38.5 Å². The smallest absolute Gasteiger partial charge is 0.0127 e. The second kappa shape index (κ2) is 5.39. The summed E-state index contributed by atoms with van der Waals surface area (Å²) in [4.78, 5) is 0. The first-order valence-electron chi connectivity index (χ1n) is 8.58. The quantitative estimate of drug-likeness (QED) is 0.737. The van der Waals surface area contributed by atoms with Crippen molar-refractivity contribution < 1.29 is 0 Å². The molecule has 5 atom stereocenters. The highest BCUT2D eigenvalue weighted by Gasteiger charge is 2.59. The van der Waals surface area contributed by atoms with Crippen molar-refractivity contribution in [3.05, 3.63) is 0 Å². The van der Waals surface area contributed by atoms with Crippen LogP contribution in [0.15, 0.2) is 0 Å². The van der Waals surface area contributed by atoms with E-state index in [9.17, 15) is 0 Å². The van der Waals surface area contributed by atoms with E-state index in [1.54, 1.807) is 0 Å². The Morgan fingerprint density at radius 1 is 1.26 bits per heavy atom. The van der Waals surface area contributed by atoms with Crippen molar-refractivity contribution in [1.29, 1.82) is 0 Å². The standard InChI is InChI=1S/C18H35N/c1-7-8-10-17(4,5)19-16-9-11-18(6)14(3)15(18)12-13(16)2/h13-16,19H,7-12H2,1-6H3/t13?,14?,15?,16-,18?/m0/s1. The minimum absolute atomic E-state index is 0.315. The summed E-state index contributed by atoms with van der Waals surface area (Å²) in [6.45, 7) is 14.6. The number of rotatable bonds is 5. The molecule has 1 heteroatoms. The van der Waals surface area contributed by atoms with E-state index in [-0.39, 0.29) is 0 Å². The van der Waals surface area contributed by atoms with Gasteiger partial charge in [-0.05, 0) is 62.7 Å². The van der Waals surface area contributed by atoms with E-state index in [2.05, 4.69) is 46.9 Å². The van der Waals surface area contributed by atoms with Crippen molar-refractivity contribution >= 4 is 0 Å². The van der Waals surface area contributed by atoms with E-state index in [1.807, 2.05) is 0 Å². The average Bonchev–Trinajstić information content (AvgIpc) is 2.88. The molecule has 2 rings (SSSR count). The second-order valence-corrected chi connectivity index (χ2v) is 8.39. The Kier molecular flexibility index (Phi) is 4.35. The maximum absolute atomic E-state index is 3.99. The van der Waals surface area contributed by atoms with Gasteiger partial charge in [0.05, 0.1) is 0 Å². The molecule has 2 aliphatic carbocycles. The van der Waals surface area contributed by atoms with Crippen LogP contribution in [0.4, 0.5) is 0 Å². The van der Waals surface area contributed by atoms with Gasteiger partial charge >= 0.3 is 0 Å². The van der Waals surface area contributed by atoms with Crippen LogP contribution in [0.5, 0.6) is 0 Å². The Morgan fingerprint density at radius 3 is 2.58 bits per heavy atom. The van der Waals surface area contributed by atoms with Crippen LogP contribution in [-0.2, 0) is 0 Å². The van der Waals surface area contributed by atoms with Gasteiger partial charge in [-0.1, -0.05) is 40.5 Å². The minimum Gasteiger partial charge on any atom is -0.309 e. The predicted octanol–water partition coefficient (Wildman–Crippen LogP) is 5.01. The highest BCUT2D eigenvalue weighted by Crippen LogP contribution is 2.65. The number of hydrogen-bond acceptors (Lipinski definition) is 1. The Hall–Kier alpha value is -0.0400. The van der Waals surface area contributed by atoms with E-state index < -0.39 is 0 Å². The molecule has 2 saturated carbocycles. The van der Waals surface area contributed by atoms with Crippen molar-refractivity contribution in [2.75, 3.05) is 0 Å². The zero-order valence-electron chi connectivity index (χ0n) is 14.1. The molecule has 19 heavy (non-hydrogen) atoms. The molecular formula is C18H35N. The average molecular weight is 265 g/mol. The van der Waals surface area contributed by atoms with Crippen LogP contribution in [0, 0.1) is 23.2 Å². The van der Waals surface area contributed by atoms with Crippen LogP contribution in [0.3, 0.4) is 0 Å². The van der Waals surface area contributed by atoms with Crippen LogP contribution in [0.2, 0.25) is 0 Å². The van der Waals surface area contributed by atoms with Gasteiger partial charge in [0, 0.05) is 11.6 Å². The molecule has 0 aromatic rings. The van der Waals surface area contributed by atoms with Gasteiger partial charge < -0.3 is 5.32 Å². The molecule has 4 unspecified atom stereocenters. The zero-order valence-corrected chi connectivity index (χ0v) is 14.1. The summed E-state index contributed by atoms with van der Waals surface area (Å²) in [7, 11) is 0. The summed E-state index contributed by atoms with van der Waals surface area (Å²) in [5.74, 6) is 2.83. The van der Waals surface area contributed by atoms with Crippen molar-refractivity contribution in [2.45, 2.75) is 91.6 Å². The topological polar surface area (TPSA) is 12.0 Å². The first-order valence-corrected chi connectivity index (χ1v) is 8.58. The molecule has 1 nitrogen and oxygen atoms in total. The highest BCUT2D eigenvalue weighted by atomic mass is 15.0. The van der Waals surface area contributed by atoms with Crippen LogP contribution >= 0.6 is 0 Å². The van der Waals surface area contributed by atoms with Crippen LogP contribution in [0.1, 0.15) is 80.1 Å². The number of nitrogens with one attached hydrogen (secondary N) is 1. The molecule has 2 aliphatic rings. The van der Waals surface area contributed by atoms with Gasteiger partial charge in [-0.2, -0.15) is 0 Å². The van der Waals surface area contributed by atoms with E-state index in [0.717, 1.165) is 23.8 Å². The SMILES string of the molecule is CCCCC(C)(C)N[C@H]1CCC2(C)C(C)C2CC1C. The van der Waals surface area contributed by atoms with Crippen molar-refractivity contribution in [1.82, 2.24) is 5.32 Å². The lowest BCUT2D eigenvalue weighted by Gasteiger charge is -2.35. The third kappa shape index (κ3) is 3.17. The predicted molar refractivity (Wildman–Crippen MR) is 84.3 cm³/mol. The van der Waals surface area contributed by atoms with E-state index in [0.29, 0.717) is 11.0 Å². The summed E-state index contributed by atoms with van der Waals surface area (Å²) in [6, 6.07) is 0.740. The molecule has 0 aliphatic heterocycles. The van der Waals surface area contributed by atoms with Crippen LogP contribution in [0.25, 0.3) is 0 Å². The van der Waals surface area contributed by atoms with Crippen molar-refractivity contribution in [3.8, 4) is 0 Å². The van der Waals surface area contributed by atoms with Gasteiger partial charge in [0.1, 0.15) is 0 Å². The summed E-state index contributed by atoms with van der Waals surface area (Å²) in [5, 5.41) is 3.99. The Bertz CT molecular complexity index is 309. The van der Waals surface area contributed by atoms with Gasteiger partial charge in [0.25, 0.3) is 0 Å². The van der Waals surface area contributed by atoms with Gasteiger partial charge in [-0.25, -0.2) is 0 Å². The van der Waals surface area contributed by atoms with Gasteiger partial charge in [-0.15, -0.1) is 0 Å². The van der Waals surface area contributed by atoms with Gasteiger partial charge in [0.2, 0.25) is 0 Å². The molecule has 0 aromatic carbocycles.